The van der Waals surface area contributed by atoms with Crippen molar-refractivity contribution in [2.24, 2.45) is 17.6 Å². The van der Waals surface area contributed by atoms with E-state index in [9.17, 15) is 8.42 Å². The second-order valence-electron chi connectivity index (χ2n) is 5.71. The van der Waals surface area contributed by atoms with Crippen LogP contribution >= 0.6 is 0 Å². The molecule has 1 rings (SSSR count). The minimum atomic E-state index is -3.07. The van der Waals surface area contributed by atoms with Crippen LogP contribution in [0.1, 0.15) is 19.8 Å². The maximum absolute atomic E-state index is 11.6. The van der Waals surface area contributed by atoms with E-state index < -0.39 is 10.0 Å². The molecule has 0 amide bonds. The molecule has 1 aliphatic heterocycles. The highest BCUT2D eigenvalue weighted by Crippen LogP contribution is 2.19. The predicted molar refractivity (Wildman–Crippen MR) is 77.7 cm³/mol. The molecule has 1 aliphatic rings. The van der Waals surface area contributed by atoms with Gasteiger partial charge in [-0.15, -0.1) is 0 Å². The number of hydrogen-bond donors (Lipinski definition) is 2. The van der Waals surface area contributed by atoms with E-state index in [1.807, 2.05) is 14.0 Å². The lowest BCUT2D eigenvalue weighted by Crippen LogP contribution is -2.43. The monoisotopic (exact) mass is 290 g/mol. The van der Waals surface area contributed by atoms with Crippen LogP contribution in [0.3, 0.4) is 0 Å². The molecule has 2 atom stereocenters. The highest BCUT2D eigenvalue weighted by Gasteiger charge is 2.26. The van der Waals surface area contributed by atoms with Crippen LogP contribution in [0.4, 0.5) is 0 Å². The van der Waals surface area contributed by atoms with Gasteiger partial charge in [-0.05, 0) is 25.8 Å². The SMILES string of the molecule is CC(CN(C)CC1CCCN(S(C)(=O)=O)C1)C(=N)N. The molecule has 1 saturated heterocycles. The molecule has 7 heteroatoms. The largest absolute Gasteiger partial charge is 0.387 e. The standard InChI is InChI=1S/C12H26N4O2S/c1-10(12(13)14)7-15(2)8-11-5-4-6-16(9-11)19(3,17)18/h10-11H,4-9H2,1-3H3,(H3,13,14). The lowest BCUT2D eigenvalue weighted by Gasteiger charge is -2.33. The van der Waals surface area contributed by atoms with E-state index in [2.05, 4.69) is 4.90 Å². The molecule has 0 aromatic rings. The lowest BCUT2D eigenvalue weighted by molar-refractivity contribution is 0.195. The van der Waals surface area contributed by atoms with Crippen molar-refractivity contribution in [3.63, 3.8) is 0 Å². The van der Waals surface area contributed by atoms with Crippen molar-refractivity contribution in [3.05, 3.63) is 0 Å². The fraction of sp³-hybridized carbons (Fsp3) is 0.917. The van der Waals surface area contributed by atoms with Crippen molar-refractivity contribution in [2.75, 3.05) is 39.5 Å². The molecule has 3 N–H and O–H groups in total. The van der Waals surface area contributed by atoms with Gasteiger partial charge in [0.1, 0.15) is 0 Å². The Morgan fingerprint density at radius 2 is 2.21 bits per heavy atom. The fourth-order valence-corrected chi connectivity index (χ4v) is 3.50. The van der Waals surface area contributed by atoms with Crippen LogP contribution in [0, 0.1) is 17.2 Å². The summed E-state index contributed by atoms with van der Waals surface area (Å²) in [5, 5.41) is 7.39. The Kier molecular flexibility index (Phi) is 5.76. The zero-order chi connectivity index (χ0) is 14.6. The van der Waals surface area contributed by atoms with Crippen LogP contribution in [0.15, 0.2) is 0 Å². The highest BCUT2D eigenvalue weighted by atomic mass is 32.2. The molecule has 0 saturated carbocycles. The molecule has 19 heavy (non-hydrogen) atoms. The number of nitrogens with zero attached hydrogens (tertiary/aromatic N) is 2. The first-order valence-corrected chi connectivity index (χ1v) is 8.52. The van der Waals surface area contributed by atoms with Crippen molar-refractivity contribution >= 4 is 15.9 Å². The molecule has 0 spiro atoms. The first-order valence-electron chi connectivity index (χ1n) is 6.67. The van der Waals surface area contributed by atoms with E-state index in [1.54, 1.807) is 4.31 Å². The van der Waals surface area contributed by atoms with E-state index in [4.69, 9.17) is 11.1 Å². The summed E-state index contributed by atoms with van der Waals surface area (Å²) in [4.78, 5) is 2.14. The molecule has 0 aromatic carbocycles. The van der Waals surface area contributed by atoms with Crippen LogP contribution in [-0.2, 0) is 10.0 Å². The summed E-state index contributed by atoms with van der Waals surface area (Å²) in [6, 6.07) is 0. The lowest BCUT2D eigenvalue weighted by atomic mass is 9.98. The van der Waals surface area contributed by atoms with Gasteiger partial charge < -0.3 is 10.6 Å². The van der Waals surface area contributed by atoms with Crippen LogP contribution in [0.2, 0.25) is 0 Å². The Labute approximate surface area is 116 Å². The van der Waals surface area contributed by atoms with E-state index in [0.29, 0.717) is 19.0 Å². The van der Waals surface area contributed by atoms with E-state index in [1.165, 1.54) is 6.26 Å². The smallest absolute Gasteiger partial charge is 0.211 e. The van der Waals surface area contributed by atoms with Gasteiger partial charge in [0, 0.05) is 32.1 Å². The summed E-state index contributed by atoms with van der Waals surface area (Å²) >= 11 is 0. The van der Waals surface area contributed by atoms with Gasteiger partial charge in [0.25, 0.3) is 0 Å². The topological polar surface area (TPSA) is 90.5 Å². The van der Waals surface area contributed by atoms with Crippen LogP contribution in [-0.4, -0.2) is 62.9 Å². The number of piperidine rings is 1. The van der Waals surface area contributed by atoms with Crippen molar-refractivity contribution in [3.8, 4) is 0 Å². The maximum Gasteiger partial charge on any atom is 0.211 e. The molecule has 112 valence electrons. The summed E-state index contributed by atoms with van der Waals surface area (Å²) in [5.74, 6) is 0.612. The number of sulfonamides is 1. The molecule has 0 radical (unpaired) electrons. The number of amidine groups is 1. The Hall–Kier alpha value is -0.660. The molecule has 1 fully saturated rings. The number of hydrogen-bond acceptors (Lipinski definition) is 4. The van der Waals surface area contributed by atoms with Crippen molar-refractivity contribution in [1.29, 1.82) is 5.41 Å². The zero-order valence-electron chi connectivity index (χ0n) is 12.1. The Bertz CT molecular complexity index is 410. The normalized spacial score (nSPS) is 23.5. The molecule has 6 nitrogen and oxygen atoms in total. The third kappa shape index (κ3) is 5.46. The third-order valence-corrected chi connectivity index (χ3v) is 4.91. The molecule has 2 unspecified atom stereocenters. The summed E-state index contributed by atoms with van der Waals surface area (Å²) in [6.07, 6.45) is 3.26. The third-order valence-electron chi connectivity index (χ3n) is 3.64. The first-order chi connectivity index (χ1) is 8.70. The molecular formula is C12H26N4O2S. The highest BCUT2D eigenvalue weighted by molar-refractivity contribution is 7.88. The second kappa shape index (κ2) is 6.67. The summed E-state index contributed by atoms with van der Waals surface area (Å²) in [7, 11) is -1.07. The quantitative estimate of drug-likeness (QED) is 0.538. The van der Waals surface area contributed by atoms with E-state index in [0.717, 1.165) is 25.9 Å². The van der Waals surface area contributed by atoms with Gasteiger partial charge in [-0.25, -0.2) is 12.7 Å². The van der Waals surface area contributed by atoms with Crippen molar-refractivity contribution < 1.29 is 8.42 Å². The minimum Gasteiger partial charge on any atom is -0.387 e. The van der Waals surface area contributed by atoms with Crippen LogP contribution in [0.5, 0.6) is 0 Å². The van der Waals surface area contributed by atoms with Gasteiger partial charge in [-0.1, -0.05) is 6.92 Å². The minimum absolute atomic E-state index is 0.0413. The number of nitrogens with one attached hydrogen (secondary N) is 1. The fourth-order valence-electron chi connectivity index (χ4n) is 2.56. The van der Waals surface area contributed by atoms with Crippen LogP contribution in [0.25, 0.3) is 0 Å². The van der Waals surface area contributed by atoms with Crippen molar-refractivity contribution in [1.82, 2.24) is 9.21 Å². The van der Waals surface area contributed by atoms with Crippen molar-refractivity contribution in [2.45, 2.75) is 19.8 Å². The Balaban J connectivity index is 2.46. The molecule has 0 aliphatic carbocycles. The average molecular weight is 290 g/mol. The number of nitrogens with two attached hydrogens (primary N) is 1. The van der Waals surface area contributed by atoms with Gasteiger partial charge >= 0.3 is 0 Å². The molecule has 1 heterocycles. The first kappa shape index (κ1) is 16.4. The summed E-state index contributed by atoms with van der Waals surface area (Å²) in [5.41, 5.74) is 5.47. The van der Waals surface area contributed by atoms with Gasteiger partial charge in [-0.2, -0.15) is 0 Å². The Morgan fingerprint density at radius 3 is 2.74 bits per heavy atom. The molecule has 0 aromatic heterocycles. The van der Waals surface area contributed by atoms with Gasteiger partial charge in [0.15, 0.2) is 0 Å². The zero-order valence-corrected chi connectivity index (χ0v) is 12.9. The van der Waals surface area contributed by atoms with Gasteiger partial charge in [-0.3, -0.25) is 5.41 Å². The van der Waals surface area contributed by atoms with Gasteiger partial charge in [0.2, 0.25) is 10.0 Å². The Morgan fingerprint density at radius 1 is 1.58 bits per heavy atom. The average Bonchev–Trinajstić information content (AvgIpc) is 2.27. The number of rotatable bonds is 6. The molecule has 0 bridgehead atoms. The van der Waals surface area contributed by atoms with Crippen LogP contribution < -0.4 is 5.73 Å². The van der Waals surface area contributed by atoms with Gasteiger partial charge in [0.05, 0.1) is 12.1 Å². The predicted octanol–water partition coefficient (Wildman–Crippen LogP) is 0.162. The molecular weight excluding hydrogens is 264 g/mol. The second-order valence-corrected chi connectivity index (χ2v) is 7.69. The maximum atomic E-state index is 11.6. The summed E-state index contributed by atoms with van der Waals surface area (Å²) < 4.78 is 24.7. The van der Waals surface area contributed by atoms with E-state index in [-0.39, 0.29) is 11.8 Å². The summed E-state index contributed by atoms with van der Waals surface area (Å²) in [6.45, 7) is 4.78. The van der Waals surface area contributed by atoms with E-state index >= 15 is 0 Å².